The first-order chi connectivity index (χ1) is 9.24. The lowest BCUT2D eigenvalue weighted by Gasteiger charge is -2.35. The van der Waals surface area contributed by atoms with Gasteiger partial charge in [-0.25, -0.2) is 0 Å². The molecule has 0 aromatic heterocycles. The van der Waals surface area contributed by atoms with E-state index in [1.54, 1.807) is 12.1 Å². The molecule has 1 aliphatic carbocycles. The second-order valence-electron chi connectivity index (χ2n) is 4.95. The quantitative estimate of drug-likeness (QED) is 0.656. The molecular weight excluding hydrogens is 244 g/mol. The molecular formula is C14H20N2O3. The van der Waals surface area contributed by atoms with Crippen molar-refractivity contribution in [3.8, 4) is 0 Å². The summed E-state index contributed by atoms with van der Waals surface area (Å²) >= 11 is 0. The molecule has 19 heavy (non-hydrogen) atoms. The molecule has 0 radical (unpaired) electrons. The van der Waals surface area contributed by atoms with E-state index in [0.717, 1.165) is 25.7 Å². The van der Waals surface area contributed by atoms with Crippen molar-refractivity contribution in [2.75, 3.05) is 18.1 Å². The summed E-state index contributed by atoms with van der Waals surface area (Å²) in [6.45, 7) is 0.470. The number of benzene rings is 1. The first-order valence-electron chi connectivity index (χ1n) is 6.85. The van der Waals surface area contributed by atoms with Crippen LogP contribution < -0.4 is 4.90 Å². The summed E-state index contributed by atoms with van der Waals surface area (Å²) in [6.07, 6.45) is 5.65. The Morgan fingerprint density at radius 1 is 1.26 bits per heavy atom. The van der Waals surface area contributed by atoms with Gasteiger partial charge in [0.25, 0.3) is 5.69 Å². The molecule has 1 N–H and O–H groups in total. The Bertz CT molecular complexity index is 430. The van der Waals surface area contributed by atoms with Crippen molar-refractivity contribution in [1.82, 2.24) is 0 Å². The van der Waals surface area contributed by atoms with Gasteiger partial charge >= 0.3 is 0 Å². The van der Waals surface area contributed by atoms with Crippen molar-refractivity contribution in [3.63, 3.8) is 0 Å². The van der Waals surface area contributed by atoms with E-state index in [2.05, 4.69) is 0 Å². The van der Waals surface area contributed by atoms with E-state index >= 15 is 0 Å². The van der Waals surface area contributed by atoms with Crippen LogP contribution >= 0.6 is 0 Å². The second-order valence-corrected chi connectivity index (χ2v) is 4.95. The maximum atomic E-state index is 11.1. The monoisotopic (exact) mass is 264 g/mol. The Morgan fingerprint density at radius 3 is 2.58 bits per heavy atom. The van der Waals surface area contributed by atoms with Crippen molar-refractivity contribution >= 4 is 11.4 Å². The summed E-state index contributed by atoms with van der Waals surface area (Å²) in [5, 5.41) is 20.4. The number of aliphatic hydroxyl groups is 1. The lowest BCUT2D eigenvalue weighted by Crippen LogP contribution is -2.39. The van der Waals surface area contributed by atoms with Crippen LogP contribution in [0.4, 0.5) is 11.4 Å². The summed E-state index contributed by atoms with van der Waals surface area (Å²) in [7, 11) is 0. The molecule has 2 rings (SSSR count). The van der Waals surface area contributed by atoms with E-state index in [9.17, 15) is 15.2 Å². The standard InChI is InChI=1S/C14H20N2O3/c17-11-10-15(12-6-2-1-3-7-12)13-8-4-5-9-14(13)16(18)19/h4-5,8-9,12,17H,1-3,6-7,10-11H2. The second kappa shape index (κ2) is 6.52. The molecule has 0 bridgehead atoms. The van der Waals surface area contributed by atoms with Gasteiger partial charge in [-0.3, -0.25) is 10.1 Å². The molecule has 0 unspecified atom stereocenters. The van der Waals surface area contributed by atoms with Crippen LogP contribution in [0.25, 0.3) is 0 Å². The molecule has 0 amide bonds. The van der Waals surface area contributed by atoms with E-state index in [1.807, 2.05) is 11.0 Å². The first-order valence-corrected chi connectivity index (χ1v) is 6.85. The molecule has 5 heteroatoms. The molecule has 1 aliphatic rings. The Kier molecular flexibility index (Phi) is 4.74. The van der Waals surface area contributed by atoms with Gasteiger partial charge in [-0.05, 0) is 18.9 Å². The van der Waals surface area contributed by atoms with Crippen LogP contribution in [0.2, 0.25) is 0 Å². The molecule has 1 aromatic carbocycles. The van der Waals surface area contributed by atoms with Gasteiger partial charge < -0.3 is 10.0 Å². The minimum atomic E-state index is -0.345. The molecule has 0 atom stereocenters. The van der Waals surface area contributed by atoms with Crippen LogP contribution in [-0.2, 0) is 0 Å². The average molecular weight is 264 g/mol. The predicted molar refractivity (Wildman–Crippen MR) is 74.4 cm³/mol. The zero-order valence-electron chi connectivity index (χ0n) is 11.0. The molecule has 104 valence electrons. The average Bonchev–Trinajstić information content (AvgIpc) is 2.45. The van der Waals surface area contributed by atoms with Crippen LogP contribution in [0.1, 0.15) is 32.1 Å². The highest BCUT2D eigenvalue weighted by Gasteiger charge is 2.26. The fourth-order valence-electron chi connectivity index (χ4n) is 2.86. The number of rotatable bonds is 5. The lowest BCUT2D eigenvalue weighted by molar-refractivity contribution is -0.384. The van der Waals surface area contributed by atoms with Crippen molar-refractivity contribution in [1.29, 1.82) is 0 Å². The third-order valence-corrected chi connectivity index (χ3v) is 3.74. The maximum Gasteiger partial charge on any atom is 0.292 e. The highest BCUT2D eigenvalue weighted by atomic mass is 16.6. The van der Waals surface area contributed by atoms with Gasteiger partial charge in [0.15, 0.2) is 0 Å². The van der Waals surface area contributed by atoms with E-state index in [0.29, 0.717) is 18.3 Å². The van der Waals surface area contributed by atoms with E-state index in [4.69, 9.17) is 0 Å². The maximum absolute atomic E-state index is 11.1. The summed E-state index contributed by atoms with van der Waals surface area (Å²) in [5.74, 6) is 0. The topological polar surface area (TPSA) is 66.6 Å². The molecule has 0 aliphatic heterocycles. The predicted octanol–water partition coefficient (Wildman–Crippen LogP) is 2.73. The van der Waals surface area contributed by atoms with Crippen LogP contribution in [0.15, 0.2) is 24.3 Å². The lowest BCUT2D eigenvalue weighted by atomic mass is 9.93. The highest BCUT2D eigenvalue weighted by molar-refractivity contribution is 5.63. The number of aliphatic hydroxyl groups excluding tert-OH is 1. The molecule has 5 nitrogen and oxygen atoms in total. The Morgan fingerprint density at radius 2 is 1.95 bits per heavy atom. The molecule has 1 saturated carbocycles. The molecule has 1 fully saturated rings. The van der Waals surface area contributed by atoms with Gasteiger partial charge in [0.2, 0.25) is 0 Å². The van der Waals surface area contributed by atoms with Crippen LogP contribution in [0.3, 0.4) is 0 Å². The van der Waals surface area contributed by atoms with Crippen molar-refractivity contribution < 1.29 is 10.0 Å². The third kappa shape index (κ3) is 3.23. The smallest absolute Gasteiger partial charge is 0.292 e. The minimum Gasteiger partial charge on any atom is -0.395 e. The van der Waals surface area contributed by atoms with Crippen molar-refractivity contribution in [3.05, 3.63) is 34.4 Å². The van der Waals surface area contributed by atoms with Crippen LogP contribution in [0.5, 0.6) is 0 Å². The Hall–Kier alpha value is -1.62. The number of anilines is 1. The number of nitrogens with zero attached hydrogens (tertiary/aromatic N) is 2. The SMILES string of the molecule is O=[N+]([O-])c1ccccc1N(CCO)C1CCCCC1. The minimum absolute atomic E-state index is 0.0164. The Labute approximate surface area is 113 Å². The van der Waals surface area contributed by atoms with E-state index < -0.39 is 0 Å². The molecule has 1 aromatic rings. The van der Waals surface area contributed by atoms with Gasteiger partial charge in [-0.2, -0.15) is 0 Å². The molecule has 0 spiro atoms. The number of nitro groups is 1. The summed E-state index contributed by atoms with van der Waals surface area (Å²) in [5.41, 5.74) is 0.759. The first kappa shape index (κ1) is 13.8. The Balaban J connectivity index is 2.29. The summed E-state index contributed by atoms with van der Waals surface area (Å²) in [6, 6.07) is 7.11. The van der Waals surface area contributed by atoms with E-state index in [-0.39, 0.29) is 17.2 Å². The van der Waals surface area contributed by atoms with Gasteiger partial charge in [0.05, 0.1) is 11.5 Å². The third-order valence-electron chi connectivity index (χ3n) is 3.74. The van der Waals surface area contributed by atoms with Crippen LogP contribution in [0, 0.1) is 10.1 Å². The van der Waals surface area contributed by atoms with E-state index in [1.165, 1.54) is 12.5 Å². The number of para-hydroxylation sites is 2. The zero-order chi connectivity index (χ0) is 13.7. The number of hydrogen-bond donors (Lipinski definition) is 1. The summed E-state index contributed by atoms with van der Waals surface area (Å²) in [4.78, 5) is 12.8. The fourth-order valence-corrected chi connectivity index (χ4v) is 2.86. The van der Waals surface area contributed by atoms with Crippen LogP contribution in [-0.4, -0.2) is 29.2 Å². The normalized spacial score (nSPS) is 16.3. The largest absolute Gasteiger partial charge is 0.395 e. The van der Waals surface area contributed by atoms with Crippen molar-refractivity contribution in [2.24, 2.45) is 0 Å². The van der Waals surface area contributed by atoms with Crippen molar-refractivity contribution in [2.45, 2.75) is 38.1 Å². The fraction of sp³-hybridized carbons (Fsp3) is 0.571. The molecule has 0 heterocycles. The molecule has 0 saturated heterocycles. The number of nitro benzene ring substituents is 1. The summed E-state index contributed by atoms with van der Waals surface area (Å²) < 4.78 is 0. The van der Waals surface area contributed by atoms with Gasteiger partial charge in [-0.1, -0.05) is 31.4 Å². The van der Waals surface area contributed by atoms with Gasteiger partial charge in [-0.15, -0.1) is 0 Å². The van der Waals surface area contributed by atoms with Gasteiger partial charge in [0, 0.05) is 18.7 Å². The van der Waals surface area contributed by atoms with Gasteiger partial charge in [0.1, 0.15) is 5.69 Å². The number of hydrogen-bond acceptors (Lipinski definition) is 4. The zero-order valence-corrected chi connectivity index (χ0v) is 11.0. The highest BCUT2D eigenvalue weighted by Crippen LogP contribution is 2.33.